The van der Waals surface area contributed by atoms with E-state index in [2.05, 4.69) is 0 Å². The third-order valence-electron chi connectivity index (χ3n) is 6.16. The summed E-state index contributed by atoms with van der Waals surface area (Å²) in [5.74, 6) is -2.32. The minimum Gasteiger partial charge on any atom is -0.454 e. The lowest BCUT2D eigenvalue weighted by molar-refractivity contribution is -0.181. The molecule has 0 amide bonds. The maximum atomic E-state index is 13.4. The molecule has 1 N–H and O–H groups in total. The van der Waals surface area contributed by atoms with E-state index in [4.69, 9.17) is 9.29 Å². The van der Waals surface area contributed by atoms with Crippen molar-refractivity contribution in [2.45, 2.75) is 43.0 Å². The highest BCUT2D eigenvalue weighted by Gasteiger charge is 2.76. The number of halogens is 2. The molecule has 0 heterocycles. The van der Waals surface area contributed by atoms with Crippen molar-refractivity contribution in [2.75, 3.05) is 0 Å². The van der Waals surface area contributed by atoms with Gasteiger partial charge in [0.1, 0.15) is 11.4 Å². The molecule has 0 aromatic rings. The van der Waals surface area contributed by atoms with Gasteiger partial charge in [0.2, 0.25) is 0 Å². The molecule has 4 rings (SSSR count). The molecule has 0 aromatic carbocycles. The number of fused-ring (bicyclic) bond motifs is 2. The van der Waals surface area contributed by atoms with Crippen LogP contribution in [0.2, 0.25) is 0 Å². The molecule has 0 radical (unpaired) electrons. The van der Waals surface area contributed by atoms with E-state index in [0.29, 0.717) is 19.3 Å². The third-order valence-corrected chi connectivity index (χ3v) is 6.97. The molecule has 22 heavy (non-hydrogen) atoms. The van der Waals surface area contributed by atoms with Crippen molar-refractivity contribution in [3.8, 4) is 0 Å². The van der Waals surface area contributed by atoms with Crippen LogP contribution in [0.15, 0.2) is 0 Å². The van der Waals surface area contributed by atoms with Crippen molar-refractivity contribution in [1.29, 1.82) is 0 Å². The van der Waals surface area contributed by atoms with Gasteiger partial charge >= 0.3 is 21.3 Å². The highest BCUT2D eigenvalue weighted by atomic mass is 32.2. The van der Waals surface area contributed by atoms with Crippen molar-refractivity contribution in [3.05, 3.63) is 0 Å². The summed E-state index contributed by atoms with van der Waals surface area (Å²) >= 11 is 0. The number of hydrogen-bond acceptors (Lipinski definition) is 5. The maximum Gasteiger partial charge on any atom is 0.465 e. The summed E-state index contributed by atoms with van der Waals surface area (Å²) in [6, 6.07) is 0. The van der Waals surface area contributed by atoms with Crippen LogP contribution in [0.3, 0.4) is 0 Å². The van der Waals surface area contributed by atoms with E-state index >= 15 is 0 Å². The molecule has 3 bridgehead atoms. The van der Waals surface area contributed by atoms with Crippen LogP contribution in [0, 0.1) is 23.2 Å². The smallest absolute Gasteiger partial charge is 0.454 e. The molecule has 4 fully saturated rings. The van der Waals surface area contributed by atoms with E-state index in [1.807, 2.05) is 0 Å². The lowest BCUT2D eigenvalue weighted by Crippen LogP contribution is -2.46. The van der Waals surface area contributed by atoms with Crippen molar-refractivity contribution in [1.82, 2.24) is 0 Å². The zero-order chi connectivity index (χ0) is 16.1. The summed E-state index contributed by atoms with van der Waals surface area (Å²) in [5.41, 5.74) is -1.44. The molecule has 1 spiro atoms. The van der Waals surface area contributed by atoms with Gasteiger partial charge in [-0.3, -0.25) is 9.35 Å². The Bertz CT molecular complexity index is 703. The van der Waals surface area contributed by atoms with E-state index in [0.717, 1.165) is 6.42 Å². The van der Waals surface area contributed by atoms with Gasteiger partial charge in [-0.2, -0.15) is 17.2 Å². The van der Waals surface area contributed by atoms with Gasteiger partial charge in [0.15, 0.2) is 0 Å². The van der Waals surface area contributed by atoms with Crippen LogP contribution < -0.4 is 0 Å². The Balaban J connectivity index is 1.63. The number of carbonyl (C=O) groups excluding carboxylic acids is 2. The molecule has 6 nitrogen and oxygen atoms in total. The first kappa shape index (κ1) is 14.5. The van der Waals surface area contributed by atoms with Crippen molar-refractivity contribution < 1.29 is 36.1 Å². The van der Waals surface area contributed by atoms with Crippen molar-refractivity contribution >= 4 is 21.9 Å². The molecule has 5 atom stereocenters. The molecule has 4 aliphatic carbocycles. The summed E-state index contributed by atoms with van der Waals surface area (Å²) in [5, 5.41) is -4.99. The van der Waals surface area contributed by atoms with Gasteiger partial charge in [-0.15, -0.1) is 0 Å². The Hall–Kier alpha value is -1.09. The molecule has 0 aromatic heterocycles. The number of carbonyl (C=O) groups is 2. The lowest BCUT2D eigenvalue weighted by Gasteiger charge is -2.47. The minimum atomic E-state index is -5.88. The molecule has 0 aliphatic heterocycles. The number of rotatable bonds is 3. The SMILES string of the molecule is O=C1C2CC3(OC(=O)C(F)(F)S(=O)(=O)O)CC4CC1C4(C2)C3. The van der Waals surface area contributed by atoms with Crippen LogP contribution in [-0.4, -0.2) is 35.6 Å². The molecule has 122 valence electrons. The predicted molar refractivity (Wildman–Crippen MR) is 66.3 cm³/mol. The fourth-order valence-corrected chi connectivity index (χ4v) is 5.69. The van der Waals surface area contributed by atoms with Gasteiger partial charge in [0.05, 0.1) is 0 Å². The monoisotopic (exact) mass is 336 g/mol. The highest BCUT2D eigenvalue weighted by molar-refractivity contribution is 7.87. The fraction of sp³-hybridized carbons (Fsp3) is 0.846. The van der Waals surface area contributed by atoms with Crippen LogP contribution in [0.5, 0.6) is 0 Å². The van der Waals surface area contributed by atoms with Gasteiger partial charge in [-0.25, -0.2) is 4.79 Å². The van der Waals surface area contributed by atoms with E-state index < -0.39 is 26.9 Å². The summed E-state index contributed by atoms with van der Waals surface area (Å²) in [4.78, 5) is 23.8. The first-order valence-corrected chi connectivity index (χ1v) is 8.57. The Morgan fingerprint density at radius 2 is 2.00 bits per heavy atom. The van der Waals surface area contributed by atoms with Crippen molar-refractivity contribution in [3.63, 3.8) is 0 Å². The Kier molecular flexibility index (Phi) is 2.43. The minimum absolute atomic E-state index is 0.0624. The van der Waals surface area contributed by atoms with Gasteiger partial charge in [-0.05, 0) is 43.4 Å². The third kappa shape index (κ3) is 1.49. The van der Waals surface area contributed by atoms with E-state index in [1.165, 1.54) is 0 Å². The number of ketones is 1. The van der Waals surface area contributed by atoms with Gasteiger partial charge in [-0.1, -0.05) is 0 Å². The Morgan fingerprint density at radius 1 is 1.32 bits per heavy atom. The number of esters is 1. The predicted octanol–water partition coefficient (Wildman–Crippen LogP) is 1.16. The number of Topliss-reactive ketones (excluding diaryl/α,β-unsaturated/α-hetero) is 1. The molecule has 5 unspecified atom stereocenters. The summed E-state index contributed by atoms with van der Waals surface area (Å²) in [6.07, 6.45) is 2.32. The second kappa shape index (κ2) is 3.69. The van der Waals surface area contributed by atoms with Crippen LogP contribution in [0.25, 0.3) is 0 Å². The molecule has 0 saturated heterocycles. The fourth-order valence-electron chi connectivity index (χ4n) is 5.44. The van der Waals surface area contributed by atoms with Crippen LogP contribution in [-0.2, 0) is 24.4 Å². The van der Waals surface area contributed by atoms with E-state index in [-0.39, 0.29) is 35.4 Å². The Labute approximate surface area is 124 Å². The van der Waals surface area contributed by atoms with Crippen LogP contribution in [0.1, 0.15) is 32.1 Å². The number of hydrogen-bond donors (Lipinski definition) is 1. The van der Waals surface area contributed by atoms with Crippen molar-refractivity contribution in [2.24, 2.45) is 23.2 Å². The normalized spacial score (nSPS) is 45.6. The quantitative estimate of drug-likeness (QED) is 0.613. The van der Waals surface area contributed by atoms with E-state index in [9.17, 15) is 26.8 Å². The van der Waals surface area contributed by atoms with Gasteiger partial charge < -0.3 is 4.74 Å². The molecular formula is C13H14F2O6S. The summed E-state index contributed by atoms with van der Waals surface area (Å²) < 4.78 is 61.5. The van der Waals surface area contributed by atoms with Crippen LogP contribution in [0.4, 0.5) is 8.78 Å². The Morgan fingerprint density at radius 3 is 2.64 bits per heavy atom. The number of ether oxygens (including phenoxy) is 1. The first-order valence-electron chi connectivity index (χ1n) is 7.13. The molecule has 4 saturated carbocycles. The summed E-state index contributed by atoms with van der Waals surface area (Å²) in [6.45, 7) is 0. The molecule has 9 heteroatoms. The lowest BCUT2D eigenvalue weighted by atomic mass is 9.56. The highest BCUT2D eigenvalue weighted by Crippen LogP contribution is 2.76. The zero-order valence-electron chi connectivity index (χ0n) is 11.4. The average molecular weight is 336 g/mol. The molecule has 4 aliphatic rings. The molecular weight excluding hydrogens is 322 g/mol. The first-order chi connectivity index (χ1) is 10.0. The number of alkyl halides is 2. The topological polar surface area (TPSA) is 97.7 Å². The van der Waals surface area contributed by atoms with Gasteiger partial charge in [0, 0.05) is 11.8 Å². The average Bonchev–Trinajstić information content (AvgIpc) is 2.64. The van der Waals surface area contributed by atoms with Crippen LogP contribution >= 0.6 is 0 Å². The maximum absolute atomic E-state index is 13.4. The van der Waals surface area contributed by atoms with Gasteiger partial charge in [0.25, 0.3) is 0 Å². The largest absolute Gasteiger partial charge is 0.465 e. The summed E-state index contributed by atoms with van der Waals surface area (Å²) in [7, 11) is -5.88. The second-order valence-electron chi connectivity index (χ2n) is 7.17. The van der Waals surface area contributed by atoms with E-state index in [1.54, 1.807) is 0 Å². The standard InChI is InChI=1S/C13H14F2O6S/c14-13(15,22(18,19)20)10(17)21-11-2-6-3-12(5-11)7(4-11)1-8(12)9(6)16/h6-8H,1-5H2,(H,18,19,20). The second-order valence-corrected chi connectivity index (χ2v) is 8.63. The zero-order valence-corrected chi connectivity index (χ0v) is 12.2.